The van der Waals surface area contributed by atoms with Gasteiger partial charge in [0.1, 0.15) is 5.75 Å². The monoisotopic (exact) mass is 474 g/mol. The zero-order valence-corrected chi connectivity index (χ0v) is 21.0. The number of anilines is 1. The standard InChI is InChI=1S/C29H34N2O2S/c1-21(2)19-24-14-16-25(17-15-24)22(3)28(32)31-29(34)30-26-12-7-13-27(20-26)33-18-8-11-23-9-5-4-6-10-23/h4-7,9-10,12-17,20-22H,8,11,18-19H2,1-3H3,(H2,30,31,32,34). The first kappa shape index (κ1) is 25.4. The van der Waals surface area contributed by atoms with E-state index in [-0.39, 0.29) is 16.9 Å². The number of rotatable bonds is 10. The van der Waals surface area contributed by atoms with Gasteiger partial charge in [0.2, 0.25) is 5.91 Å². The molecule has 0 bridgehead atoms. The smallest absolute Gasteiger partial charge is 0.233 e. The van der Waals surface area contributed by atoms with Crippen LogP contribution in [-0.2, 0) is 17.6 Å². The second-order valence-corrected chi connectivity index (χ2v) is 9.38. The maximum Gasteiger partial charge on any atom is 0.233 e. The molecule has 0 saturated carbocycles. The summed E-state index contributed by atoms with van der Waals surface area (Å²) in [7, 11) is 0. The van der Waals surface area contributed by atoms with Gasteiger partial charge in [-0.2, -0.15) is 0 Å². The number of hydrogen-bond donors (Lipinski definition) is 2. The van der Waals surface area contributed by atoms with Gasteiger partial charge in [-0.25, -0.2) is 0 Å². The van der Waals surface area contributed by atoms with E-state index in [2.05, 4.69) is 60.9 Å². The Balaban J connectivity index is 1.46. The van der Waals surface area contributed by atoms with Gasteiger partial charge in [0.05, 0.1) is 12.5 Å². The number of benzene rings is 3. The molecule has 178 valence electrons. The van der Waals surface area contributed by atoms with Crippen molar-refractivity contribution in [1.29, 1.82) is 0 Å². The van der Waals surface area contributed by atoms with E-state index in [1.807, 2.05) is 49.4 Å². The van der Waals surface area contributed by atoms with E-state index < -0.39 is 0 Å². The molecule has 0 aromatic heterocycles. The quantitative estimate of drug-likeness (QED) is 0.260. The van der Waals surface area contributed by atoms with Gasteiger partial charge >= 0.3 is 0 Å². The van der Waals surface area contributed by atoms with Gasteiger partial charge in [-0.15, -0.1) is 0 Å². The zero-order valence-electron chi connectivity index (χ0n) is 20.2. The lowest BCUT2D eigenvalue weighted by Crippen LogP contribution is -2.36. The fourth-order valence-electron chi connectivity index (χ4n) is 3.72. The SMILES string of the molecule is CC(C)Cc1ccc(C(C)C(=O)NC(=S)Nc2cccc(OCCCc3ccccc3)c2)cc1. The minimum Gasteiger partial charge on any atom is -0.494 e. The first-order chi connectivity index (χ1) is 16.4. The Morgan fingerprint density at radius 2 is 1.65 bits per heavy atom. The zero-order chi connectivity index (χ0) is 24.3. The summed E-state index contributed by atoms with van der Waals surface area (Å²) in [5.74, 6) is 0.935. The molecule has 0 heterocycles. The summed E-state index contributed by atoms with van der Waals surface area (Å²) in [6, 6.07) is 26.2. The van der Waals surface area contributed by atoms with Crippen molar-refractivity contribution in [3.8, 4) is 5.75 Å². The number of nitrogens with one attached hydrogen (secondary N) is 2. The molecule has 0 aliphatic carbocycles. The molecule has 0 aliphatic heterocycles. The minimum atomic E-state index is -0.299. The lowest BCUT2D eigenvalue weighted by molar-refractivity contribution is -0.120. The molecule has 2 N–H and O–H groups in total. The second-order valence-electron chi connectivity index (χ2n) is 8.97. The molecule has 1 amide bonds. The lowest BCUT2D eigenvalue weighted by Gasteiger charge is -2.15. The number of thiocarbonyl (C=S) groups is 1. The largest absolute Gasteiger partial charge is 0.494 e. The van der Waals surface area contributed by atoms with Crippen molar-refractivity contribution in [3.63, 3.8) is 0 Å². The number of carbonyl (C=O) groups excluding carboxylic acids is 1. The predicted molar refractivity (Wildman–Crippen MR) is 144 cm³/mol. The van der Waals surface area contributed by atoms with Crippen LogP contribution in [-0.4, -0.2) is 17.6 Å². The van der Waals surface area contributed by atoms with Crippen LogP contribution in [0.1, 0.15) is 49.8 Å². The van der Waals surface area contributed by atoms with E-state index in [0.29, 0.717) is 12.5 Å². The van der Waals surface area contributed by atoms with Crippen LogP contribution >= 0.6 is 12.2 Å². The summed E-state index contributed by atoms with van der Waals surface area (Å²) in [5.41, 5.74) is 4.34. The van der Waals surface area contributed by atoms with E-state index in [0.717, 1.165) is 36.3 Å². The molecule has 0 fully saturated rings. The van der Waals surface area contributed by atoms with Crippen molar-refractivity contribution in [2.45, 2.75) is 46.0 Å². The van der Waals surface area contributed by atoms with Gasteiger partial charge < -0.3 is 15.4 Å². The van der Waals surface area contributed by atoms with Crippen molar-refractivity contribution >= 4 is 28.9 Å². The number of aryl methyl sites for hydroxylation is 1. The average molecular weight is 475 g/mol. The van der Waals surface area contributed by atoms with Gasteiger partial charge in [0.25, 0.3) is 0 Å². The molecule has 0 aliphatic rings. The molecule has 0 spiro atoms. The average Bonchev–Trinajstić information content (AvgIpc) is 2.82. The molecule has 0 saturated heterocycles. The Kier molecular flexibility index (Phi) is 9.65. The second kappa shape index (κ2) is 12.9. The molecule has 5 heteroatoms. The van der Waals surface area contributed by atoms with Crippen LogP contribution in [0.5, 0.6) is 5.75 Å². The van der Waals surface area contributed by atoms with Crippen LogP contribution in [0.3, 0.4) is 0 Å². The number of carbonyl (C=O) groups is 1. The Bertz CT molecular complexity index is 1070. The van der Waals surface area contributed by atoms with Crippen molar-refractivity contribution in [2.24, 2.45) is 5.92 Å². The summed E-state index contributed by atoms with van der Waals surface area (Å²) in [5, 5.41) is 6.16. The topological polar surface area (TPSA) is 50.4 Å². The van der Waals surface area contributed by atoms with E-state index >= 15 is 0 Å². The fraction of sp³-hybridized carbons (Fsp3) is 0.310. The molecule has 3 aromatic rings. The van der Waals surface area contributed by atoms with Crippen molar-refractivity contribution in [2.75, 3.05) is 11.9 Å². The molecule has 3 rings (SSSR count). The van der Waals surface area contributed by atoms with Crippen LogP contribution < -0.4 is 15.4 Å². The van der Waals surface area contributed by atoms with E-state index in [1.165, 1.54) is 11.1 Å². The van der Waals surface area contributed by atoms with Crippen molar-refractivity contribution in [3.05, 3.63) is 95.6 Å². The number of amides is 1. The van der Waals surface area contributed by atoms with Crippen LogP contribution in [0, 0.1) is 5.92 Å². The maximum absolute atomic E-state index is 12.7. The molecular formula is C29H34N2O2S. The summed E-state index contributed by atoms with van der Waals surface area (Å²) in [4.78, 5) is 12.7. The van der Waals surface area contributed by atoms with Crippen LogP contribution in [0.4, 0.5) is 5.69 Å². The van der Waals surface area contributed by atoms with Crippen molar-refractivity contribution < 1.29 is 9.53 Å². The first-order valence-electron chi connectivity index (χ1n) is 11.9. The van der Waals surface area contributed by atoms with Gasteiger partial charge in [0, 0.05) is 11.8 Å². The van der Waals surface area contributed by atoms with Crippen LogP contribution in [0.25, 0.3) is 0 Å². The highest BCUT2D eigenvalue weighted by atomic mass is 32.1. The first-order valence-corrected chi connectivity index (χ1v) is 12.3. The van der Waals surface area contributed by atoms with Gasteiger partial charge in [-0.05, 0) is 73.1 Å². The van der Waals surface area contributed by atoms with E-state index in [9.17, 15) is 4.79 Å². The Labute approximate surface area is 208 Å². The fourth-order valence-corrected chi connectivity index (χ4v) is 3.94. The minimum absolute atomic E-state index is 0.137. The molecular weight excluding hydrogens is 440 g/mol. The summed E-state index contributed by atoms with van der Waals surface area (Å²) in [6.07, 6.45) is 2.95. The Hall–Kier alpha value is -3.18. The van der Waals surface area contributed by atoms with Gasteiger partial charge in [0.15, 0.2) is 5.11 Å². The van der Waals surface area contributed by atoms with Crippen molar-refractivity contribution in [1.82, 2.24) is 5.32 Å². The number of ether oxygens (including phenoxy) is 1. The predicted octanol–water partition coefficient (Wildman–Crippen LogP) is 6.51. The summed E-state index contributed by atoms with van der Waals surface area (Å²) < 4.78 is 5.89. The highest BCUT2D eigenvalue weighted by Gasteiger charge is 2.16. The lowest BCUT2D eigenvalue weighted by atomic mass is 9.96. The summed E-state index contributed by atoms with van der Waals surface area (Å²) >= 11 is 5.37. The molecule has 4 nitrogen and oxygen atoms in total. The third kappa shape index (κ3) is 8.31. The highest BCUT2D eigenvalue weighted by Crippen LogP contribution is 2.19. The Morgan fingerprint density at radius 3 is 2.35 bits per heavy atom. The third-order valence-electron chi connectivity index (χ3n) is 5.57. The molecule has 1 atom stereocenters. The van der Waals surface area contributed by atoms with Crippen LogP contribution in [0.15, 0.2) is 78.9 Å². The molecule has 34 heavy (non-hydrogen) atoms. The molecule has 3 aromatic carbocycles. The summed E-state index contributed by atoms with van der Waals surface area (Å²) in [6.45, 7) is 6.92. The Morgan fingerprint density at radius 1 is 0.912 bits per heavy atom. The van der Waals surface area contributed by atoms with Gasteiger partial charge in [-0.1, -0.05) is 74.5 Å². The third-order valence-corrected chi connectivity index (χ3v) is 5.77. The normalized spacial score (nSPS) is 11.6. The van der Waals surface area contributed by atoms with Gasteiger partial charge in [-0.3, -0.25) is 4.79 Å². The van der Waals surface area contributed by atoms with E-state index in [4.69, 9.17) is 17.0 Å². The van der Waals surface area contributed by atoms with Crippen LogP contribution in [0.2, 0.25) is 0 Å². The molecule has 0 radical (unpaired) electrons. The number of hydrogen-bond acceptors (Lipinski definition) is 3. The molecule has 1 unspecified atom stereocenters. The van der Waals surface area contributed by atoms with E-state index in [1.54, 1.807) is 0 Å². The highest BCUT2D eigenvalue weighted by molar-refractivity contribution is 7.80. The maximum atomic E-state index is 12.7.